The molecule has 39 heavy (non-hydrogen) atoms. The summed E-state index contributed by atoms with van der Waals surface area (Å²) in [6.07, 6.45) is 2.49. The predicted octanol–water partition coefficient (Wildman–Crippen LogP) is 0.487. The highest BCUT2D eigenvalue weighted by Gasteiger charge is 2.31. The van der Waals surface area contributed by atoms with Gasteiger partial charge in [0.25, 0.3) is 5.91 Å². The second-order valence-electron chi connectivity index (χ2n) is 8.66. The Hall–Kier alpha value is -3.91. The van der Waals surface area contributed by atoms with Crippen LogP contribution in [0.3, 0.4) is 0 Å². The van der Waals surface area contributed by atoms with E-state index in [-0.39, 0.29) is 26.0 Å². The van der Waals surface area contributed by atoms with Crippen molar-refractivity contribution in [2.45, 2.75) is 52.0 Å². The van der Waals surface area contributed by atoms with Gasteiger partial charge >= 0.3 is 5.97 Å². The summed E-state index contributed by atoms with van der Waals surface area (Å²) in [7, 11) is 0. The van der Waals surface area contributed by atoms with E-state index in [1.54, 1.807) is 45.0 Å². The van der Waals surface area contributed by atoms with Crippen LogP contribution < -0.4 is 16.0 Å². The van der Waals surface area contributed by atoms with Gasteiger partial charge in [-0.3, -0.25) is 33.7 Å². The van der Waals surface area contributed by atoms with Gasteiger partial charge in [-0.05, 0) is 43.0 Å². The summed E-state index contributed by atoms with van der Waals surface area (Å²) in [5.41, 5.74) is 1.16. The van der Waals surface area contributed by atoms with Crippen LogP contribution in [0.4, 0.5) is 5.69 Å². The molecule has 0 aromatic heterocycles. The van der Waals surface area contributed by atoms with Crippen LogP contribution in [-0.2, 0) is 51.2 Å². The number of benzene rings is 1. The average molecular weight is 567 g/mol. The second kappa shape index (κ2) is 16.8. The molecule has 1 aromatic rings. The first-order valence-electron chi connectivity index (χ1n) is 12.0. The quantitative estimate of drug-likeness (QED) is 0.101. The molecule has 0 aliphatic carbocycles. The molecular weight excluding hydrogens is 532 g/mol. The number of allylic oxidation sites excluding steroid dienone is 1. The van der Waals surface area contributed by atoms with Crippen LogP contribution in [0.25, 0.3) is 0 Å². The topological polar surface area (TPSA) is 188 Å². The van der Waals surface area contributed by atoms with E-state index in [0.29, 0.717) is 5.69 Å². The number of hydrogen-bond acceptors (Lipinski definition) is 8. The number of carbonyl (C=O) groups is 6. The highest BCUT2D eigenvalue weighted by molar-refractivity contribution is 7.80. The number of rotatable bonds is 15. The summed E-state index contributed by atoms with van der Waals surface area (Å²) >= 11 is -2.66. The van der Waals surface area contributed by atoms with Gasteiger partial charge in [0.2, 0.25) is 24.1 Å². The Morgan fingerprint density at radius 3 is 2.26 bits per heavy atom. The van der Waals surface area contributed by atoms with Gasteiger partial charge in [-0.2, -0.15) is 0 Å². The van der Waals surface area contributed by atoms with Crippen LogP contribution in [-0.4, -0.2) is 74.1 Å². The number of hydrogen-bond donors (Lipinski definition) is 4. The van der Waals surface area contributed by atoms with Crippen molar-refractivity contribution in [3.8, 4) is 0 Å². The predicted molar refractivity (Wildman–Crippen MR) is 142 cm³/mol. The third kappa shape index (κ3) is 12.0. The van der Waals surface area contributed by atoms with Crippen molar-refractivity contribution in [2.75, 3.05) is 18.4 Å². The fraction of sp³-hybridized carbons (Fsp3) is 0.440. The first kappa shape index (κ1) is 33.1. The van der Waals surface area contributed by atoms with Crippen molar-refractivity contribution >= 4 is 52.8 Å². The highest BCUT2D eigenvalue weighted by Crippen LogP contribution is 2.11. The average Bonchev–Trinajstić information content (AvgIpc) is 2.87. The van der Waals surface area contributed by atoms with Crippen LogP contribution in [0, 0.1) is 5.92 Å². The molecule has 0 saturated carbocycles. The summed E-state index contributed by atoms with van der Waals surface area (Å²) in [5, 5.41) is 5.91. The lowest BCUT2D eigenvalue weighted by Crippen LogP contribution is -2.54. The Morgan fingerprint density at radius 2 is 1.74 bits per heavy atom. The summed E-state index contributed by atoms with van der Waals surface area (Å²) in [6.45, 7) is 5.53. The molecule has 0 bridgehead atoms. The van der Waals surface area contributed by atoms with E-state index in [4.69, 9.17) is 4.74 Å². The number of ether oxygens (including phenoxy) is 1. The van der Waals surface area contributed by atoms with Crippen molar-refractivity contribution in [3.63, 3.8) is 0 Å². The zero-order valence-corrected chi connectivity index (χ0v) is 23.0. The van der Waals surface area contributed by atoms with Crippen LogP contribution in [0.1, 0.15) is 39.7 Å². The van der Waals surface area contributed by atoms with E-state index in [2.05, 4.69) is 16.0 Å². The largest absolute Gasteiger partial charge is 0.461 e. The van der Waals surface area contributed by atoms with Crippen molar-refractivity contribution in [1.29, 1.82) is 0 Å². The number of amides is 5. The lowest BCUT2D eigenvalue weighted by Gasteiger charge is -2.24. The molecule has 0 saturated heterocycles. The molecule has 5 amide bonds. The number of anilines is 1. The minimum Gasteiger partial charge on any atom is -0.461 e. The molecule has 1 rings (SSSR count). The lowest BCUT2D eigenvalue weighted by atomic mass is 10.0. The maximum atomic E-state index is 12.7. The highest BCUT2D eigenvalue weighted by atomic mass is 32.2. The zero-order chi connectivity index (χ0) is 29.5. The van der Waals surface area contributed by atoms with Crippen molar-refractivity contribution in [2.24, 2.45) is 5.92 Å². The first-order valence-corrected chi connectivity index (χ1v) is 13.1. The van der Waals surface area contributed by atoms with Gasteiger partial charge in [-0.15, -0.1) is 0 Å². The molecule has 0 radical (unpaired) electrons. The molecule has 0 aliphatic rings. The minimum absolute atomic E-state index is 0.0936. The number of esters is 1. The van der Waals surface area contributed by atoms with E-state index in [1.165, 1.54) is 13.0 Å². The van der Waals surface area contributed by atoms with Gasteiger partial charge < -0.3 is 25.2 Å². The van der Waals surface area contributed by atoms with Crippen LogP contribution in [0.15, 0.2) is 36.4 Å². The van der Waals surface area contributed by atoms with E-state index in [1.807, 2.05) is 0 Å². The summed E-state index contributed by atoms with van der Waals surface area (Å²) in [6, 6.07) is 5.39. The van der Waals surface area contributed by atoms with Gasteiger partial charge in [-0.25, -0.2) is 4.21 Å². The van der Waals surface area contributed by atoms with E-state index in [0.717, 1.165) is 16.5 Å². The molecule has 3 atom stereocenters. The molecule has 13 nitrogen and oxygen atoms in total. The first-order chi connectivity index (χ1) is 18.4. The summed E-state index contributed by atoms with van der Waals surface area (Å²) in [5.74, 6) is -3.67. The Kier molecular flexibility index (Phi) is 14.3. The SMILES string of the molecule is C/C=C\C(=O)N(C=O)CCC(C(=O)NC(C(=O)NCC(=O)Nc1ccc(COC(C)=O)cc1)C(C)C)S(=O)O. The van der Waals surface area contributed by atoms with Gasteiger partial charge in [0.15, 0.2) is 11.1 Å². The number of carbonyl (C=O) groups excluding carboxylic acids is 6. The van der Waals surface area contributed by atoms with Gasteiger partial charge in [0.1, 0.15) is 17.9 Å². The fourth-order valence-corrected chi connectivity index (χ4v) is 3.72. The molecule has 0 heterocycles. The number of imide groups is 1. The fourth-order valence-electron chi connectivity index (χ4n) is 3.17. The van der Waals surface area contributed by atoms with Gasteiger partial charge in [0.05, 0.1) is 6.54 Å². The third-order valence-corrected chi connectivity index (χ3v) is 6.17. The molecule has 0 spiro atoms. The van der Waals surface area contributed by atoms with Crippen molar-refractivity contribution in [3.05, 3.63) is 42.0 Å². The molecule has 14 heteroatoms. The molecule has 0 aliphatic heterocycles. The Balaban J connectivity index is 2.72. The minimum atomic E-state index is -2.66. The zero-order valence-electron chi connectivity index (χ0n) is 22.2. The van der Waals surface area contributed by atoms with E-state index in [9.17, 15) is 37.5 Å². The molecule has 0 fully saturated rings. The summed E-state index contributed by atoms with van der Waals surface area (Å²) < 4.78 is 26.3. The number of nitrogens with one attached hydrogen (secondary N) is 3. The van der Waals surface area contributed by atoms with Crippen LogP contribution in [0.2, 0.25) is 0 Å². The molecular formula is C25H34N4O9S. The normalized spacial score (nSPS) is 13.2. The van der Waals surface area contributed by atoms with E-state index < -0.39 is 64.4 Å². The van der Waals surface area contributed by atoms with Crippen LogP contribution >= 0.6 is 0 Å². The Morgan fingerprint density at radius 1 is 1.10 bits per heavy atom. The maximum absolute atomic E-state index is 12.7. The van der Waals surface area contributed by atoms with Crippen molar-refractivity contribution < 1.29 is 42.3 Å². The molecule has 214 valence electrons. The standard InChI is InChI=1S/C25H34N4O9S/c1-5-6-22(33)29(15-30)12-11-20(39(36)37)24(34)28-23(16(2)3)25(35)26-13-21(32)27-19-9-7-18(8-10-19)14-38-17(4)31/h5-10,15-16,20,23H,11-14H2,1-4H3,(H,26,35)(H,27,32)(H,28,34)(H,36,37)/b6-5-. The Bertz CT molecular complexity index is 1090. The smallest absolute Gasteiger partial charge is 0.302 e. The lowest BCUT2D eigenvalue weighted by molar-refractivity contribution is -0.142. The molecule has 1 aromatic carbocycles. The Labute approximate surface area is 229 Å². The van der Waals surface area contributed by atoms with Crippen molar-refractivity contribution in [1.82, 2.24) is 15.5 Å². The van der Waals surface area contributed by atoms with Crippen LogP contribution in [0.5, 0.6) is 0 Å². The number of nitrogens with zero attached hydrogens (tertiary/aromatic N) is 1. The molecule has 4 N–H and O–H groups in total. The monoisotopic (exact) mass is 566 g/mol. The van der Waals surface area contributed by atoms with Gasteiger partial charge in [-0.1, -0.05) is 32.1 Å². The molecule has 3 unspecified atom stereocenters. The van der Waals surface area contributed by atoms with E-state index >= 15 is 0 Å². The second-order valence-corrected chi connectivity index (χ2v) is 9.79. The summed E-state index contributed by atoms with van der Waals surface area (Å²) in [4.78, 5) is 72.4. The maximum Gasteiger partial charge on any atom is 0.302 e. The van der Waals surface area contributed by atoms with Gasteiger partial charge in [0, 0.05) is 19.2 Å². The third-order valence-electron chi connectivity index (χ3n) is 5.24.